The van der Waals surface area contributed by atoms with E-state index in [9.17, 15) is 4.79 Å². The van der Waals surface area contributed by atoms with Crippen LogP contribution in [0.25, 0.3) is 0 Å². The largest absolute Gasteiger partial charge is 0.349 e. The van der Waals surface area contributed by atoms with Gasteiger partial charge in [0.05, 0.1) is 22.0 Å². The van der Waals surface area contributed by atoms with Crippen LogP contribution in [0.5, 0.6) is 0 Å². The van der Waals surface area contributed by atoms with Crippen molar-refractivity contribution in [1.82, 2.24) is 5.32 Å². The van der Waals surface area contributed by atoms with Gasteiger partial charge < -0.3 is 33.7 Å². The standard InChI is InChI=1S/C20H23BrClNO7/c1-16(2)26-11-10-8(13-20(25-5,14(11)28-16)29-17(3,4)27-13)18-6-7-19(22,30-18)12(21)9(18)15(24)23-10/h6-8,10-11,13-14H,1-5H3,(H,23,24)/t8-,10-,11+,13-,14+,18?,19?,20-/m1/s1. The summed E-state index contributed by atoms with van der Waals surface area (Å²) in [7, 11) is 1.57. The quantitative estimate of drug-likeness (QED) is 0.432. The number of alkyl halides is 1. The van der Waals surface area contributed by atoms with Crippen molar-refractivity contribution < 1.29 is 33.2 Å². The Morgan fingerprint density at radius 1 is 1.07 bits per heavy atom. The molecule has 2 bridgehead atoms. The molecule has 30 heavy (non-hydrogen) atoms. The summed E-state index contributed by atoms with van der Waals surface area (Å²) in [4.78, 5) is 13.2. The number of fused-ring (bicyclic) bond motifs is 7. The summed E-state index contributed by atoms with van der Waals surface area (Å²) in [6.45, 7) is 7.31. The number of piperidine rings is 1. The first-order chi connectivity index (χ1) is 13.9. The fraction of sp³-hybridized carbons (Fsp3) is 0.750. The van der Waals surface area contributed by atoms with Crippen molar-refractivity contribution in [1.29, 1.82) is 0 Å². The summed E-state index contributed by atoms with van der Waals surface area (Å²) in [5, 5.41) is 1.89. The summed E-state index contributed by atoms with van der Waals surface area (Å²) < 4.78 is 38.2. The van der Waals surface area contributed by atoms with E-state index in [0.717, 1.165) is 0 Å². The molecule has 8 atom stereocenters. The summed E-state index contributed by atoms with van der Waals surface area (Å²) in [6, 6.07) is -0.471. The fourth-order valence-corrected chi connectivity index (χ4v) is 7.06. The number of amides is 1. The van der Waals surface area contributed by atoms with Gasteiger partial charge in [0.1, 0.15) is 23.9 Å². The third-order valence-electron chi connectivity index (χ3n) is 6.92. The highest BCUT2D eigenvalue weighted by molar-refractivity contribution is 9.11. The molecule has 164 valence electrons. The van der Waals surface area contributed by atoms with Gasteiger partial charge >= 0.3 is 0 Å². The zero-order valence-electron chi connectivity index (χ0n) is 17.2. The van der Waals surface area contributed by atoms with Crippen molar-refractivity contribution in [3.05, 3.63) is 22.2 Å². The van der Waals surface area contributed by atoms with Crippen LogP contribution in [0, 0.1) is 5.92 Å². The molecule has 4 fully saturated rings. The Bertz CT molecular complexity index is 936. The van der Waals surface area contributed by atoms with Crippen LogP contribution in [-0.4, -0.2) is 65.4 Å². The van der Waals surface area contributed by atoms with Crippen LogP contribution in [0.15, 0.2) is 22.2 Å². The third-order valence-corrected chi connectivity index (χ3v) is 8.52. The fourth-order valence-electron chi connectivity index (χ4n) is 6.08. The van der Waals surface area contributed by atoms with Crippen LogP contribution in [0.3, 0.4) is 0 Å². The number of hydrogen-bond acceptors (Lipinski definition) is 7. The maximum atomic E-state index is 13.2. The van der Waals surface area contributed by atoms with Crippen LogP contribution in [-0.2, 0) is 33.2 Å². The summed E-state index contributed by atoms with van der Waals surface area (Å²) in [5.41, 5.74) is -0.663. The predicted molar refractivity (Wildman–Crippen MR) is 107 cm³/mol. The van der Waals surface area contributed by atoms with Crippen molar-refractivity contribution in [2.24, 2.45) is 5.92 Å². The molecule has 10 heteroatoms. The second kappa shape index (κ2) is 5.51. The van der Waals surface area contributed by atoms with E-state index in [1.807, 2.05) is 33.8 Å². The first kappa shape index (κ1) is 20.1. The topological polar surface area (TPSA) is 84.5 Å². The van der Waals surface area contributed by atoms with Gasteiger partial charge in [-0.25, -0.2) is 0 Å². The Morgan fingerprint density at radius 2 is 1.77 bits per heavy atom. The molecule has 1 spiro atoms. The Labute approximate surface area is 187 Å². The Hall–Kier alpha value is -0.520. The average Bonchev–Trinajstić information content (AvgIpc) is 3.29. The van der Waals surface area contributed by atoms with Gasteiger partial charge in [-0.2, -0.15) is 0 Å². The molecule has 3 saturated heterocycles. The molecule has 0 radical (unpaired) electrons. The second-order valence-electron chi connectivity index (χ2n) is 9.57. The van der Waals surface area contributed by atoms with Crippen molar-refractivity contribution in [2.75, 3.05) is 7.11 Å². The highest BCUT2D eigenvalue weighted by Crippen LogP contribution is 2.64. The zero-order chi connectivity index (χ0) is 21.5. The van der Waals surface area contributed by atoms with Gasteiger partial charge in [-0.3, -0.25) is 4.79 Å². The first-order valence-corrected chi connectivity index (χ1v) is 11.2. The summed E-state index contributed by atoms with van der Waals surface area (Å²) in [5.74, 6) is -3.79. The zero-order valence-corrected chi connectivity index (χ0v) is 19.5. The minimum absolute atomic E-state index is 0.259. The van der Waals surface area contributed by atoms with Crippen molar-refractivity contribution in [2.45, 2.75) is 80.1 Å². The SMILES string of the molecule is CO[C@@]12OC(C)(C)O[C@@H]1[C@H]1[C@@H](NC(=O)C3=C(Br)C4(Cl)C=CC31O4)[C@@H]1OC(C)(C)O[C@@H]12. The molecule has 8 nitrogen and oxygen atoms in total. The van der Waals surface area contributed by atoms with E-state index < -0.39 is 58.3 Å². The van der Waals surface area contributed by atoms with E-state index in [1.54, 1.807) is 13.2 Å². The molecule has 2 unspecified atom stereocenters. The molecule has 0 aromatic rings. The van der Waals surface area contributed by atoms with Crippen LogP contribution in [0.2, 0.25) is 0 Å². The van der Waals surface area contributed by atoms with Crippen molar-refractivity contribution in [3.8, 4) is 0 Å². The number of rotatable bonds is 1. The Kier molecular flexibility index (Phi) is 3.69. The normalized spacial score (nSPS) is 54.0. The summed E-state index contributed by atoms with van der Waals surface area (Å²) in [6.07, 6.45) is 1.82. The molecule has 6 aliphatic rings. The lowest BCUT2D eigenvalue weighted by Crippen LogP contribution is -2.77. The second-order valence-corrected chi connectivity index (χ2v) is 10.9. The van der Waals surface area contributed by atoms with Gasteiger partial charge in [0.25, 0.3) is 5.91 Å². The molecule has 5 aliphatic heterocycles. The highest BCUT2D eigenvalue weighted by Gasteiger charge is 2.79. The molecule has 0 aromatic heterocycles. The van der Waals surface area contributed by atoms with E-state index in [2.05, 4.69) is 21.2 Å². The lowest BCUT2D eigenvalue weighted by atomic mass is 9.62. The third kappa shape index (κ3) is 2.16. The molecule has 5 heterocycles. The average molecular weight is 505 g/mol. The Morgan fingerprint density at radius 3 is 2.47 bits per heavy atom. The van der Waals surface area contributed by atoms with Gasteiger partial charge in [-0.05, 0) is 39.8 Å². The molecule has 6 rings (SSSR count). The number of carbonyl (C=O) groups is 1. The lowest BCUT2D eigenvalue weighted by molar-refractivity contribution is -0.311. The van der Waals surface area contributed by atoms with Gasteiger partial charge in [-0.1, -0.05) is 27.5 Å². The number of carbonyl (C=O) groups excluding carboxylic acids is 1. The molecule has 0 aromatic carbocycles. The van der Waals surface area contributed by atoms with E-state index in [1.165, 1.54) is 0 Å². The van der Waals surface area contributed by atoms with Crippen LogP contribution < -0.4 is 5.32 Å². The molecular weight excluding hydrogens is 482 g/mol. The molecular formula is C20H23BrClNO7. The van der Waals surface area contributed by atoms with E-state index in [0.29, 0.717) is 10.1 Å². The maximum Gasteiger partial charge on any atom is 0.251 e. The molecule has 1 aliphatic carbocycles. The number of hydrogen-bond donors (Lipinski definition) is 1. The highest BCUT2D eigenvalue weighted by atomic mass is 79.9. The minimum Gasteiger partial charge on any atom is -0.349 e. The van der Waals surface area contributed by atoms with Crippen LogP contribution >= 0.6 is 27.5 Å². The maximum absolute atomic E-state index is 13.2. The van der Waals surface area contributed by atoms with Gasteiger partial charge in [0.2, 0.25) is 5.79 Å². The molecule has 1 saturated carbocycles. The number of nitrogens with one attached hydrogen (secondary N) is 1. The van der Waals surface area contributed by atoms with E-state index in [4.69, 9.17) is 40.0 Å². The lowest BCUT2D eigenvalue weighted by Gasteiger charge is -2.55. The molecule has 1 N–H and O–H groups in total. The van der Waals surface area contributed by atoms with Gasteiger partial charge in [0, 0.05) is 7.11 Å². The summed E-state index contributed by atoms with van der Waals surface area (Å²) >= 11 is 10.2. The van der Waals surface area contributed by atoms with E-state index in [-0.39, 0.29) is 5.91 Å². The number of methoxy groups -OCH3 is 1. The number of ether oxygens (including phenoxy) is 6. The van der Waals surface area contributed by atoms with Crippen molar-refractivity contribution >= 4 is 33.4 Å². The van der Waals surface area contributed by atoms with Crippen molar-refractivity contribution in [3.63, 3.8) is 0 Å². The monoisotopic (exact) mass is 503 g/mol. The van der Waals surface area contributed by atoms with Crippen LogP contribution in [0.4, 0.5) is 0 Å². The number of halogens is 2. The Balaban J connectivity index is 1.58. The van der Waals surface area contributed by atoms with E-state index >= 15 is 0 Å². The van der Waals surface area contributed by atoms with Gasteiger partial charge in [-0.15, -0.1) is 0 Å². The molecule has 1 amide bonds. The van der Waals surface area contributed by atoms with Crippen LogP contribution in [0.1, 0.15) is 27.7 Å². The first-order valence-electron chi connectivity index (χ1n) is 9.98. The van der Waals surface area contributed by atoms with Gasteiger partial charge in [0.15, 0.2) is 16.6 Å². The predicted octanol–water partition coefficient (Wildman–Crippen LogP) is 2.05. The minimum atomic E-state index is -1.26. The smallest absolute Gasteiger partial charge is 0.251 e.